The number of hydrogen-bond acceptors (Lipinski definition) is 4. The van der Waals surface area contributed by atoms with Crippen molar-refractivity contribution in [2.24, 2.45) is 23.3 Å². The minimum absolute atomic E-state index is 0.132. The van der Waals surface area contributed by atoms with Crippen LogP contribution in [0.25, 0.3) is 0 Å². The molecule has 0 fully saturated rings. The topological polar surface area (TPSA) is 136 Å². The molecule has 0 aromatic heterocycles. The summed E-state index contributed by atoms with van der Waals surface area (Å²) in [6.45, 7) is 4.01. The number of nitrogens with one attached hydrogen (secondary N) is 1. The van der Waals surface area contributed by atoms with E-state index in [4.69, 9.17) is 16.6 Å². The van der Waals surface area contributed by atoms with Gasteiger partial charge in [0.05, 0.1) is 12.3 Å². The molecule has 0 heterocycles. The van der Waals surface area contributed by atoms with Crippen LogP contribution >= 0.6 is 0 Å². The number of nitrogens with two attached hydrogens (primary N) is 2. The molecule has 1 unspecified atom stereocenters. The van der Waals surface area contributed by atoms with Crippen molar-refractivity contribution >= 4 is 17.8 Å². The Kier molecular flexibility index (Phi) is 6.96. The molecular formula is C11H21N3O4. The Morgan fingerprint density at radius 2 is 1.83 bits per heavy atom. The summed E-state index contributed by atoms with van der Waals surface area (Å²) in [5.74, 6) is -2.72. The van der Waals surface area contributed by atoms with Gasteiger partial charge in [0.15, 0.2) is 0 Å². The van der Waals surface area contributed by atoms with E-state index in [1.54, 1.807) is 0 Å². The van der Waals surface area contributed by atoms with Crippen molar-refractivity contribution in [2.75, 3.05) is 6.54 Å². The highest BCUT2D eigenvalue weighted by Gasteiger charge is 2.26. The second-order valence-electron chi connectivity index (χ2n) is 4.63. The van der Waals surface area contributed by atoms with Crippen LogP contribution in [0.5, 0.6) is 0 Å². The molecule has 0 aliphatic rings. The first kappa shape index (κ1) is 16.4. The van der Waals surface area contributed by atoms with Crippen molar-refractivity contribution in [1.82, 2.24) is 5.32 Å². The number of carboxylic acid groups (broad SMARTS) is 1. The van der Waals surface area contributed by atoms with Gasteiger partial charge in [-0.1, -0.05) is 13.8 Å². The standard InChI is InChI=1S/C11H21N3O4/c1-6(2)3-7(5-12)10(16)14-8(11(17)18)4-9(13)15/h6-8H,3-5,12H2,1-2H3,(H2,13,15)(H,14,16)(H,17,18)/t7?,8-/m1/s1. The van der Waals surface area contributed by atoms with Crippen LogP contribution in [0.15, 0.2) is 0 Å². The summed E-state index contributed by atoms with van der Waals surface area (Å²) < 4.78 is 0. The molecule has 18 heavy (non-hydrogen) atoms. The predicted molar refractivity (Wildman–Crippen MR) is 65.4 cm³/mol. The maximum absolute atomic E-state index is 11.8. The van der Waals surface area contributed by atoms with Gasteiger partial charge in [-0.15, -0.1) is 0 Å². The normalized spacial score (nSPS) is 14.0. The lowest BCUT2D eigenvalue weighted by atomic mass is 9.96. The monoisotopic (exact) mass is 259 g/mol. The molecule has 0 aliphatic carbocycles. The van der Waals surface area contributed by atoms with Crippen molar-refractivity contribution in [3.63, 3.8) is 0 Å². The molecule has 0 saturated heterocycles. The Bertz CT molecular complexity index is 317. The highest BCUT2D eigenvalue weighted by Crippen LogP contribution is 2.11. The Balaban J connectivity index is 4.56. The van der Waals surface area contributed by atoms with Gasteiger partial charge in [-0.2, -0.15) is 0 Å². The number of primary amides is 1. The van der Waals surface area contributed by atoms with Gasteiger partial charge >= 0.3 is 5.97 Å². The van der Waals surface area contributed by atoms with E-state index in [0.717, 1.165) is 0 Å². The van der Waals surface area contributed by atoms with E-state index in [2.05, 4.69) is 5.32 Å². The summed E-state index contributed by atoms with van der Waals surface area (Å²) in [7, 11) is 0. The minimum atomic E-state index is -1.30. The lowest BCUT2D eigenvalue weighted by molar-refractivity contribution is -0.144. The predicted octanol–water partition coefficient (Wildman–Crippen LogP) is -0.948. The number of carbonyl (C=O) groups excluding carboxylic acids is 2. The zero-order chi connectivity index (χ0) is 14.3. The number of carbonyl (C=O) groups is 3. The van der Waals surface area contributed by atoms with Gasteiger partial charge in [0.2, 0.25) is 11.8 Å². The minimum Gasteiger partial charge on any atom is -0.480 e. The Hall–Kier alpha value is -1.63. The molecular weight excluding hydrogens is 238 g/mol. The number of carboxylic acids is 1. The van der Waals surface area contributed by atoms with E-state index >= 15 is 0 Å². The lowest BCUT2D eigenvalue weighted by Gasteiger charge is -2.19. The molecule has 7 heteroatoms. The first-order valence-electron chi connectivity index (χ1n) is 5.79. The molecule has 6 N–H and O–H groups in total. The molecule has 0 rings (SSSR count). The third-order valence-corrected chi connectivity index (χ3v) is 2.43. The number of amides is 2. The van der Waals surface area contributed by atoms with Crippen LogP contribution < -0.4 is 16.8 Å². The summed E-state index contributed by atoms with van der Waals surface area (Å²) in [4.78, 5) is 33.3. The highest BCUT2D eigenvalue weighted by atomic mass is 16.4. The number of hydrogen-bond donors (Lipinski definition) is 4. The van der Waals surface area contributed by atoms with E-state index < -0.39 is 36.2 Å². The van der Waals surface area contributed by atoms with Gasteiger partial charge in [0.1, 0.15) is 6.04 Å². The summed E-state index contributed by atoms with van der Waals surface area (Å²) in [5.41, 5.74) is 10.4. The third-order valence-electron chi connectivity index (χ3n) is 2.43. The van der Waals surface area contributed by atoms with E-state index in [1.807, 2.05) is 13.8 Å². The lowest BCUT2D eigenvalue weighted by Crippen LogP contribution is -2.47. The van der Waals surface area contributed by atoms with Gasteiger partial charge < -0.3 is 21.9 Å². The van der Waals surface area contributed by atoms with Crippen LogP contribution in [-0.2, 0) is 14.4 Å². The zero-order valence-electron chi connectivity index (χ0n) is 10.7. The van der Waals surface area contributed by atoms with Gasteiger partial charge in [0.25, 0.3) is 0 Å². The van der Waals surface area contributed by atoms with Crippen LogP contribution in [-0.4, -0.2) is 35.5 Å². The fourth-order valence-corrected chi connectivity index (χ4v) is 1.57. The van der Waals surface area contributed by atoms with Crippen molar-refractivity contribution in [3.8, 4) is 0 Å². The van der Waals surface area contributed by atoms with Crippen LogP contribution in [0.4, 0.5) is 0 Å². The third kappa shape index (κ3) is 6.19. The summed E-state index contributed by atoms with van der Waals surface area (Å²) in [6, 6.07) is -1.30. The van der Waals surface area contributed by atoms with Crippen LogP contribution in [0.3, 0.4) is 0 Å². The Morgan fingerprint density at radius 1 is 1.28 bits per heavy atom. The molecule has 2 atom stereocenters. The molecule has 0 saturated carbocycles. The summed E-state index contributed by atoms with van der Waals surface area (Å²) in [5, 5.41) is 11.1. The van der Waals surface area contributed by atoms with Gasteiger partial charge in [-0.25, -0.2) is 4.79 Å². The molecule has 7 nitrogen and oxygen atoms in total. The average molecular weight is 259 g/mol. The number of aliphatic carboxylic acids is 1. The van der Waals surface area contributed by atoms with Crippen LogP contribution in [0.1, 0.15) is 26.7 Å². The fraction of sp³-hybridized carbons (Fsp3) is 0.727. The molecule has 0 aromatic carbocycles. The van der Waals surface area contributed by atoms with E-state index in [-0.39, 0.29) is 12.5 Å². The highest BCUT2D eigenvalue weighted by molar-refractivity contribution is 5.88. The quantitative estimate of drug-likeness (QED) is 0.445. The van der Waals surface area contributed by atoms with Crippen molar-refractivity contribution < 1.29 is 19.5 Å². The van der Waals surface area contributed by atoms with Crippen molar-refractivity contribution in [1.29, 1.82) is 0 Å². The van der Waals surface area contributed by atoms with Crippen LogP contribution in [0.2, 0.25) is 0 Å². The largest absolute Gasteiger partial charge is 0.480 e. The zero-order valence-corrected chi connectivity index (χ0v) is 10.7. The second kappa shape index (κ2) is 7.65. The van der Waals surface area contributed by atoms with Crippen molar-refractivity contribution in [3.05, 3.63) is 0 Å². The average Bonchev–Trinajstić information content (AvgIpc) is 2.23. The first-order chi connectivity index (χ1) is 8.27. The smallest absolute Gasteiger partial charge is 0.326 e. The molecule has 0 bridgehead atoms. The van der Waals surface area contributed by atoms with E-state index in [9.17, 15) is 14.4 Å². The molecule has 2 amide bonds. The molecule has 0 aromatic rings. The Morgan fingerprint density at radius 3 is 2.17 bits per heavy atom. The van der Waals surface area contributed by atoms with Crippen molar-refractivity contribution in [2.45, 2.75) is 32.7 Å². The second-order valence-corrected chi connectivity index (χ2v) is 4.63. The van der Waals surface area contributed by atoms with Gasteiger partial charge in [-0.3, -0.25) is 9.59 Å². The first-order valence-corrected chi connectivity index (χ1v) is 5.79. The molecule has 0 radical (unpaired) electrons. The maximum atomic E-state index is 11.8. The van der Waals surface area contributed by atoms with E-state index in [0.29, 0.717) is 6.42 Å². The molecule has 0 aliphatic heterocycles. The van der Waals surface area contributed by atoms with Gasteiger partial charge in [-0.05, 0) is 12.3 Å². The molecule has 104 valence electrons. The summed E-state index contributed by atoms with van der Waals surface area (Å²) >= 11 is 0. The Labute approximate surface area is 106 Å². The van der Waals surface area contributed by atoms with E-state index in [1.165, 1.54) is 0 Å². The number of rotatable bonds is 8. The summed E-state index contributed by atoms with van der Waals surface area (Å²) in [6.07, 6.45) is 0.130. The van der Waals surface area contributed by atoms with Crippen LogP contribution in [0, 0.1) is 11.8 Å². The fourth-order valence-electron chi connectivity index (χ4n) is 1.57. The SMILES string of the molecule is CC(C)CC(CN)C(=O)N[C@H](CC(N)=O)C(=O)O. The van der Waals surface area contributed by atoms with Gasteiger partial charge in [0, 0.05) is 6.54 Å². The maximum Gasteiger partial charge on any atom is 0.326 e. The molecule has 0 spiro atoms.